The molecule has 3 aromatic rings. The number of fused-ring (bicyclic) bond motifs is 1. The Morgan fingerprint density at radius 1 is 0.871 bits per heavy atom. The first kappa shape index (κ1) is 20.8. The van der Waals surface area contributed by atoms with Crippen LogP contribution in [-0.4, -0.2) is 31.1 Å². The van der Waals surface area contributed by atoms with Gasteiger partial charge < -0.3 is 11.1 Å². The van der Waals surface area contributed by atoms with Gasteiger partial charge >= 0.3 is 0 Å². The van der Waals surface area contributed by atoms with Gasteiger partial charge in [0.1, 0.15) is 0 Å². The summed E-state index contributed by atoms with van der Waals surface area (Å²) in [5.74, 6) is -1.09. The van der Waals surface area contributed by atoms with Gasteiger partial charge in [-0.2, -0.15) is 4.31 Å². The third kappa shape index (κ3) is 4.35. The van der Waals surface area contributed by atoms with Crippen LogP contribution in [0.4, 0.5) is 5.69 Å². The summed E-state index contributed by atoms with van der Waals surface area (Å²) in [7, 11) is -3.76. The van der Waals surface area contributed by atoms with E-state index in [1.54, 1.807) is 24.3 Å². The number of carbonyl (C=O) groups excluding carboxylic acids is 2. The minimum absolute atomic E-state index is 0.0606. The van der Waals surface area contributed by atoms with E-state index in [2.05, 4.69) is 5.32 Å². The molecule has 3 aromatic carbocycles. The molecule has 0 spiro atoms. The molecule has 0 fully saturated rings. The molecule has 31 heavy (non-hydrogen) atoms. The summed E-state index contributed by atoms with van der Waals surface area (Å²) in [4.78, 5) is 24.1. The lowest BCUT2D eigenvalue weighted by Crippen LogP contribution is -2.36. The van der Waals surface area contributed by atoms with Crippen LogP contribution in [0.5, 0.6) is 0 Å². The number of nitrogens with zero attached hydrogens (tertiary/aromatic N) is 1. The van der Waals surface area contributed by atoms with Crippen molar-refractivity contribution in [2.45, 2.75) is 17.9 Å². The van der Waals surface area contributed by atoms with Crippen molar-refractivity contribution in [3.8, 4) is 0 Å². The highest BCUT2D eigenvalue weighted by Gasteiger charge is 2.28. The fraction of sp³-hybridized carbons (Fsp3) is 0.130. The molecule has 4 rings (SSSR count). The zero-order valence-corrected chi connectivity index (χ0v) is 17.4. The molecule has 0 saturated carbocycles. The van der Waals surface area contributed by atoms with E-state index in [-0.39, 0.29) is 16.0 Å². The van der Waals surface area contributed by atoms with Gasteiger partial charge in [-0.1, -0.05) is 36.4 Å². The standard InChI is InChI=1S/C23H21N3O4S/c24-22(27)17-7-3-9-20(13-17)25-23(28)18-8-4-10-21(14-18)31(29,30)26-12-11-16-5-1-2-6-19(16)15-26/h1-10,13-14H,11-12,15H2,(H2,24,27)(H,25,28). The molecule has 0 saturated heterocycles. The zero-order chi connectivity index (χ0) is 22.0. The van der Waals surface area contributed by atoms with E-state index >= 15 is 0 Å². The molecule has 0 radical (unpaired) electrons. The van der Waals surface area contributed by atoms with Crippen LogP contribution in [0.15, 0.2) is 77.7 Å². The van der Waals surface area contributed by atoms with Crippen LogP contribution < -0.4 is 11.1 Å². The van der Waals surface area contributed by atoms with Gasteiger partial charge in [-0.25, -0.2) is 8.42 Å². The Labute approximate surface area is 180 Å². The number of amides is 2. The average Bonchev–Trinajstić information content (AvgIpc) is 2.79. The topological polar surface area (TPSA) is 110 Å². The van der Waals surface area contributed by atoms with E-state index in [0.717, 1.165) is 11.1 Å². The van der Waals surface area contributed by atoms with Gasteiger partial charge in [0.15, 0.2) is 0 Å². The minimum Gasteiger partial charge on any atom is -0.366 e. The second kappa shape index (κ2) is 8.33. The number of sulfonamides is 1. The Morgan fingerprint density at radius 2 is 1.58 bits per heavy atom. The number of primary amides is 1. The molecule has 0 atom stereocenters. The van der Waals surface area contributed by atoms with Crippen LogP contribution in [0.3, 0.4) is 0 Å². The number of benzene rings is 3. The van der Waals surface area contributed by atoms with Crippen molar-refractivity contribution >= 4 is 27.5 Å². The predicted molar refractivity (Wildman–Crippen MR) is 117 cm³/mol. The second-order valence-corrected chi connectivity index (χ2v) is 9.22. The van der Waals surface area contributed by atoms with Crippen molar-refractivity contribution in [2.75, 3.05) is 11.9 Å². The molecular weight excluding hydrogens is 414 g/mol. The lowest BCUT2D eigenvalue weighted by Gasteiger charge is -2.28. The van der Waals surface area contributed by atoms with Gasteiger partial charge in [0.2, 0.25) is 15.9 Å². The van der Waals surface area contributed by atoms with Crippen molar-refractivity contribution in [2.24, 2.45) is 5.73 Å². The molecule has 3 N–H and O–H groups in total. The van der Waals surface area contributed by atoms with E-state index in [1.807, 2.05) is 24.3 Å². The number of anilines is 1. The Balaban J connectivity index is 1.56. The smallest absolute Gasteiger partial charge is 0.255 e. The Morgan fingerprint density at radius 3 is 2.35 bits per heavy atom. The molecule has 158 valence electrons. The number of hydrogen-bond donors (Lipinski definition) is 2. The van der Waals surface area contributed by atoms with Gasteiger partial charge in [-0.05, 0) is 53.9 Å². The largest absolute Gasteiger partial charge is 0.366 e. The molecule has 2 amide bonds. The maximum Gasteiger partial charge on any atom is 0.255 e. The van der Waals surface area contributed by atoms with Crippen LogP contribution in [0.25, 0.3) is 0 Å². The van der Waals surface area contributed by atoms with Crippen molar-refractivity contribution in [1.29, 1.82) is 0 Å². The second-order valence-electron chi connectivity index (χ2n) is 7.28. The predicted octanol–water partition coefficient (Wildman–Crippen LogP) is 2.78. The zero-order valence-electron chi connectivity index (χ0n) is 16.6. The summed E-state index contributed by atoms with van der Waals surface area (Å²) < 4.78 is 27.8. The van der Waals surface area contributed by atoms with Crippen LogP contribution in [0.2, 0.25) is 0 Å². The van der Waals surface area contributed by atoms with Crippen molar-refractivity contribution in [1.82, 2.24) is 4.31 Å². The van der Waals surface area contributed by atoms with E-state index < -0.39 is 21.8 Å². The minimum atomic E-state index is -3.76. The molecule has 1 heterocycles. The highest BCUT2D eigenvalue weighted by molar-refractivity contribution is 7.89. The number of rotatable bonds is 5. The van der Waals surface area contributed by atoms with Crippen molar-refractivity contribution in [3.63, 3.8) is 0 Å². The lowest BCUT2D eigenvalue weighted by atomic mass is 10.0. The Bertz CT molecular complexity index is 1270. The lowest BCUT2D eigenvalue weighted by molar-refractivity contribution is 0.0996. The van der Waals surface area contributed by atoms with E-state index in [1.165, 1.54) is 28.6 Å². The van der Waals surface area contributed by atoms with E-state index in [0.29, 0.717) is 25.2 Å². The Kier molecular flexibility index (Phi) is 5.58. The molecule has 0 aliphatic carbocycles. The Hall–Kier alpha value is -3.49. The van der Waals surface area contributed by atoms with Crippen LogP contribution in [0.1, 0.15) is 31.8 Å². The summed E-state index contributed by atoms with van der Waals surface area (Å²) >= 11 is 0. The maximum atomic E-state index is 13.2. The molecule has 1 aliphatic heterocycles. The summed E-state index contributed by atoms with van der Waals surface area (Å²) in [6.45, 7) is 0.685. The number of nitrogens with one attached hydrogen (secondary N) is 1. The summed E-state index contributed by atoms with van der Waals surface area (Å²) in [5, 5.41) is 2.67. The molecule has 0 bridgehead atoms. The molecule has 7 nitrogen and oxygen atoms in total. The molecule has 8 heteroatoms. The van der Waals surface area contributed by atoms with Gasteiger partial charge in [-0.3, -0.25) is 9.59 Å². The third-order valence-electron chi connectivity index (χ3n) is 5.23. The van der Waals surface area contributed by atoms with Crippen molar-refractivity contribution in [3.05, 3.63) is 95.1 Å². The van der Waals surface area contributed by atoms with Gasteiger partial charge in [0, 0.05) is 29.9 Å². The van der Waals surface area contributed by atoms with Gasteiger partial charge in [-0.15, -0.1) is 0 Å². The molecular formula is C23H21N3O4S. The average molecular weight is 436 g/mol. The van der Waals surface area contributed by atoms with Gasteiger partial charge in [0.05, 0.1) is 4.90 Å². The maximum absolute atomic E-state index is 13.2. The summed E-state index contributed by atoms with van der Waals surface area (Å²) in [5.41, 5.74) is 8.26. The van der Waals surface area contributed by atoms with Crippen LogP contribution in [-0.2, 0) is 23.0 Å². The van der Waals surface area contributed by atoms with E-state index in [9.17, 15) is 18.0 Å². The van der Waals surface area contributed by atoms with Gasteiger partial charge in [0.25, 0.3) is 5.91 Å². The first-order valence-corrected chi connectivity index (χ1v) is 11.2. The van der Waals surface area contributed by atoms with E-state index in [4.69, 9.17) is 5.73 Å². The fourth-order valence-corrected chi connectivity index (χ4v) is 5.04. The molecule has 1 aliphatic rings. The summed E-state index contributed by atoms with van der Waals surface area (Å²) in [6.07, 6.45) is 0.645. The summed E-state index contributed by atoms with van der Waals surface area (Å²) in [6, 6.07) is 19.9. The quantitative estimate of drug-likeness (QED) is 0.642. The highest BCUT2D eigenvalue weighted by atomic mass is 32.2. The molecule has 0 unspecified atom stereocenters. The number of nitrogens with two attached hydrogens (primary N) is 1. The monoisotopic (exact) mass is 435 g/mol. The molecule has 0 aromatic heterocycles. The van der Waals surface area contributed by atoms with Crippen molar-refractivity contribution < 1.29 is 18.0 Å². The first-order valence-electron chi connectivity index (χ1n) is 9.73. The number of hydrogen-bond acceptors (Lipinski definition) is 4. The highest BCUT2D eigenvalue weighted by Crippen LogP contribution is 2.25. The fourth-order valence-electron chi connectivity index (χ4n) is 3.58. The van der Waals surface area contributed by atoms with Crippen LogP contribution in [0, 0.1) is 0 Å². The number of carbonyl (C=O) groups is 2. The normalized spacial score (nSPS) is 13.9. The third-order valence-corrected chi connectivity index (χ3v) is 7.08. The SMILES string of the molecule is NC(=O)c1cccc(NC(=O)c2cccc(S(=O)(=O)N3CCc4ccccc4C3)c2)c1. The first-order chi connectivity index (χ1) is 14.8. The van der Waals surface area contributed by atoms with Crippen LogP contribution >= 0.6 is 0 Å².